The predicted octanol–water partition coefficient (Wildman–Crippen LogP) is 0.498. The molecule has 7 nitrogen and oxygen atoms in total. The molecule has 0 aliphatic heterocycles. The number of carbonyl (C=O) groups excluding carboxylic acids is 1. The second-order valence-electron chi connectivity index (χ2n) is 2.75. The molecule has 16 heavy (non-hydrogen) atoms. The van der Waals surface area contributed by atoms with Crippen molar-refractivity contribution in [3.8, 4) is 17.2 Å². The van der Waals surface area contributed by atoms with Gasteiger partial charge in [0.1, 0.15) is 17.1 Å². The van der Waals surface area contributed by atoms with E-state index in [1.165, 1.54) is 7.11 Å². The van der Waals surface area contributed by atoms with Gasteiger partial charge in [-0.05, 0) is 5.75 Å². The number of carbonyl (C=O) groups is 1. The van der Waals surface area contributed by atoms with Crippen LogP contribution in [0, 0.1) is 10.1 Å². The Kier molecular flexibility index (Phi) is 3.29. The molecular weight excluding hydrogens is 218 g/mol. The summed E-state index contributed by atoms with van der Waals surface area (Å²) >= 11 is 0. The second kappa shape index (κ2) is 4.47. The van der Waals surface area contributed by atoms with Gasteiger partial charge in [-0.25, -0.2) is 0 Å². The Morgan fingerprint density at radius 3 is 2.38 bits per heavy atom. The van der Waals surface area contributed by atoms with Crippen LogP contribution in [0.2, 0.25) is 0 Å². The Labute approximate surface area is 90.4 Å². The smallest absolute Gasteiger partial charge is 0.287 e. The van der Waals surface area contributed by atoms with E-state index in [-0.39, 0.29) is 17.8 Å². The summed E-state index contributed by atoms with van der Waals surface area (Å²) in [6.45, 7) is 0. The number of methoxy groups -OCH3 is 2. The molecule has 0 N–H and O–H groups in total. The van der Waals surface area contributed by atoms with Gasteiger partial charge in [0, 0.05) is 0 Å². The van der Waals surface area contributed by atoms with E-state index in [4.69, 9.17) is 0 Å². The number of benzene rings is 1. The molecule has 7 heteroatoms. The number of nitro groups is 1. The lowest BCUT2D eigenvalue weighted by Gasteiger charge is -2.17. The van der Waals surface area contributed by atoms with Gasteiger partial charge in [-0.3, -0.25) is 14.9 Å². The summed E-state index contributed by atoms with van der Waals surface area (Å²) in [6.07, 6.45) is 0.206. The fourth-order valence-electron chi connectivity index (χ4n) is 1.24. The number of ether oxygens (including phenoxy) is 2. The molecule has 1 rings (SSSR count). The first-order valence-electron chi connectivity index (χ1n) is 4.12. The maximum atomic E-state index is 11.6. The summed E-state index contributed by atoms with van der Waals surface area (Å²) < 4.78 is 9.34. The zero-order chi connectivity index (χ0) is 12.3. The van der Waals surface area contributed by atoms with Crippen LogP contribution in [-0.2, 0) is 0 Å². The van der Waals surface area contributed by atoms with E-state index < -0.39 is 21.9 Å². The highest BCUT2D eigenvalue weighted by Crippen LogP contribution is 2.41. The fourth-order valence-corrected chi connectivity index (χ4v) is 1.24. The zero-order valence-electron chi connectivity index (χ0n) is 8.55. The normalized spacial score (nSPS) is 9.62. The topological polar surface area (TPSA) is 102 Å². The molecule has 0 saturated heterocycles. The summed E-state index contributed by atoms with van der Waals surface area (Å²) in [4.78, 5) is 20.6. The first-order valence-corrected chi connectivity index (χ1v) is 4.12. The number of rotatable bonds is 4. The van der Waals surface area contributed by atoms with E-state index in [1.54, 1.807) is 0 Å². The number of hydrogen-bond donors (Lipinski definition) is 0. The Hall–Kier alpha value is -2.31. The maximum Gasteiger partial charge on any atom is 0.287 e. The van der Waals surface area contributed by atoms with Crippen molar-refractivity contribution >= 4 is 12.0 Å². The summed E-state index contributed by atoms with van der Waals surface area (Å²) in [6, 6.07) is 0.897. The van der Waals surface area contributed by atoms with Gasteiger partial charge in [0.15, 0.2) is 6.29 Å². The predicted molar refractivity (Wildman–Crippen MR) is 51.0 cm³/mol. The summed E-state index contributed by atoms with van der Waals surface area (Å²) in [5.74, 6) is -1.33. The third-order valence-electron chi connectivity index (χ3n) is 1.96. The van der Waals surface area contributed by atoms with Gasteiger partial charge >= 0.3 is 0 Å². The number of nitrogens with zero attached hydrogens (tertiary/aromatic N) is 1. The lowest BCUT2D eigenvalue weighted by atomic mass is 10.1. The Morgan fingerprint density at radius 1 is 1.38 bits per heavy atom. The van der Waals surface area contributed by atoms with Crippen molar-refractivity contribution in [2.24, 2.45) is 0 Å². The molecule has 0 bridgehead atoms. The molecule has 0 spiro atoms. The first kappa shape index (κ1) is 11.8. The van der Waals surface area contributed by atoms with E-state index in [0.29, 0.717) is 0 Å². The average Bonchev–Trinajstić information content (AvgIpc) is 2.27. The monoisotopic (exact) mass is 226 g/mol. The minimum Gasteiger partial charge on any atom is -0.867 e. The molecule has 0 aliphatic rings. The van der Waals surface area contributed by atoms with Crippen LogP contribution >= 0.6 is 0 Å². The minimum atomic E-state index is -0.784. The molecule has 0 atom stereocenters. The third-order valence-corrected chi connectivity index (χ3v) is 1.96. The van der Waals surface area contributed by atoms with Crippen LogP contribution in [0.1, 0.15) is 10.4 Å². The molecular formula is C9H8NO6-. The van der Waals surface area contributed by atoms with Crippen LogP contribution in [0.3, 0.4) is 0 Å². The number of nitro benzene ring substituents is 1. The molecule has 0 fully saturated rings. The van der Waals surface area contributed by atoms with Crippen LogP contribution in [0.15, 0.2) is 6.07 Å². The standard InChI is InChI=1S/C9H9NO6/c1-15-7-3-6(10(13)14)5(4-11)9(16-2)8(7)12/h3-4,12H,1-2H3/p-1. The molecule has 1 aromatic rings. The van der Waals surface area contributed by atoms with Gasteiger partial charge in [-0.15, -0.1) is 0 Å². The van der Waals surface area contributed by atoms with Gasteiger partial charge in [-0.2, -0.15) is 0 Å². The van der Waals surface area contributed by atoms with Crippen molar-refractivity contribution in [1.82, 2.24) is 0 Å². The molecule has 0 aromatic heterocycles. The van der Waals surface area contributed by atoms with Gasteiger partial charge < -0.3 is 14.6 Å². The number of hydrogen-bond acceptors (Lipinski definition) is 6. The molecule has 86 valence electrons. The Bertz CT molecular complexity index is 442. The van der Waals surface area contributed by atoms with Crippen LogP contribution in [0.5, 0.6) is 17.2 Å². The number of aldehydes is 1. The molecule has 1 aromatic carbocycles. The van der Waals surface area contributed by atoms with E-state index in [0.717, 1.165) is 13.2 Å². The molecule has 0 unspecified atom stereocenters. The Balaban J connectivity index is 3.62. The maximum absolute atomic E-state index is 11.6. The van der Waals surface area contributed by atoms with E-state index >= 15 is 0 Å². The zero-order valence-corrected chi connectivity index (χ0v) is 8.55. The van der Waals surface area contributed by atoms with Gasteiger partial charge in [0.2, 0.25) is 0 Å². The summed E-state index contributed by atoms with van der Waals surface area (Å²) in [5, 5.41) is 22.2. The van der Waals surface area contributed by atoms with Crippen molar-refractivity contribution in [2.45, 2.75) is 0 Å². The molecule has 0 amide bonds. The fraction of sp³-hybridized carbons (Fsp3) is 0.222. The van der Waals surface area contributed by atoms with Crippen LogP contribution in [0.4, 0.5) is 5.69 Å². The minimum absolute atomic E-state index is 0.206. The van der Waals surface area contributed by atoms with Crippen molar-refractivity contribution in [3.63, 3.8) is 0 Å². The molecule has 0 heterocycles. The van der Waals surface area contributed by atoms with Crippen LogP contribution in [-0.4, -0.2) is 25.4 Å². The van der Waals surface area contributed by atoms with Crippen molar-refractivity contribution in [3.05, 3.63) is 21.7 Å². The second-order valence-corrected chi connectivity index (χ2v) is 2.75. The van der Waals surface area contributed by atoms with E-state index in [2.05, 4.69) is 9.47 Å². The largest absolute Gasteiger partial charge is 0.867 e. The SMILES string of the molecule is COc1cc([N+](=O)[O-])c(C=O)c(OC)c1[O-]. The highest BCUT2D eigenvalue weighted by atomic mass is 16.6. The molecule has 0 aliphatic carbocycles. The van der Waals surface area contributed by atoms with Crippen LogP contribution < -0.4 is 14.6 Å². The molecule has 0 saturated carbocycles. The lowest BCUT2D eigenvalue weighted by molar-refractivity contribution is -0.385. The van der Waals surface area contributed by atoms with E-state index in [9.17, 15) is 20.0 Å². The van der Waals surface area contributed by atoms with Gasteiger partial charge in [0.05, 0.1) is 25.2 Å². The molecule has 0 radical (unpaired) electrons. The highest BCUT2D eigenvalue weighted by Gasteiger charge is 2.21. The van der Waals surface area contributed by atoms with Crippen molar-refractivity contribution < 1.29 is 24.3 Å². The highest BCUT2D eigenvalue weighted by molar-refractivity contribution is 5.88. The average molecular weight is 226 g/mol. The van der Waals surface area contributed by atoms with E-state index in [1.807, 2.05) is 0 Å². The quantitative estimate of drug-likeness (QED) is 0.420. The van der Waals surface area contributed by atoms with Crippen molar-refractivity contribution in [2.75, 3.05) is 14.2 Å². The van der Waals surface area contributed by atoms with Gasteiger partial charge in [-0.1, -0.05) is 0 Å². The third kappa shape index (κ3) is 1.74. The van der Waals surface area contributed by atoms with Crippen molar-refractivity contribution in [1.29, 1.82) is 0 Å². The lowest BCUT2D eigenvalue weighted by Crippen LogP contribution is -2.05. The Morgan fingerprint density at radius 2 is 2.00 bits per heavy atom. The first-order chi connectivity index (χ1) is 7.56. The van der Waals surface area contributed by atoms with Gasteiger partial charge in [0.25, 0.3) is 5.69 Å². The van der Waals surface area contributed by atoms with Crippen LogP contribution in [0.25, 0.3) is 0 Å². The summed E-state index contributed by atoms with van der Waals surface area (Å²) in [5.41, 5.74) is -0.915. The summed E-state index contributed by atoms with van der Waals surface area (Å²) in [7, 11) is 2.34.